The average molecular weight is 153 g/mol. The predicted molar refractivity (Wildman–Crippen MR) is 46.9 cm³/mol. The Balaban J connectivity index is 2.13. The van der Waals surface area contributed by atoms with E-state index in [2.05, 4.69) is 18.0 Å². The van der Waals surface area contributed by atoms with E-state index in [9.17, 15) is 0 Å². The van der Waals surface area contributed by atoms with Gasteiger partial charge in [-0.15, -0.1) is 0 Å². The standard InChI is InChI=1S/C9H15NO/c1-2-3-4-5-6-9-10-7-8-11-9/h5-6H,2-4,7-8H2,1H3. The number of hydrogen-bond donors (Lipinski definition) is 0. The fourth-order valence-corrected chi connectivity index (χ4v) is 0.959. The van der Waals surface area contributed by atoms with Crippen molar-refractivity contribution in [3.05, 3.63) is 12.2 Å². The molecule has 0 atom stereocenters. The van der Waals surface area contributed by atoms with Crippen LogP contribution in [0.4, 0.5) is 0 Å². The number of unbranched alkanes of at least 4 members (excludes halogenated alkanes) is 2. The lowest BCUT2D eigenvalue weighted by atomic mass is 10.2. The van der Waals surface area contributed by atoms with Crippen molar-refractivity contribution in [1.29, 1.82) is 0 Å². The van der Waals surface area contributed by atoms with E-state index in [1.54, 1.807) is 0 Å². The third kappa shape index (κ3) is 3.21. The molecule has 0 saturated heterocycles. The summed E-state index contributed by atoms with van der Waals surface area (Å²) in [5, 5.41) is 0. The molecule has 1 aliphatic heterocycles. The van der Waals surface area contributed by atoms with E-state index < -0.39 is 0 Å². The van der Waals surface area contributed by atoms with Crippen LogP contribution in [-0.4, -0.2) is 19.0 Å². The van der Waals surface area contributed by atoms with Gasteiger partial charge in [0.05, 0.1) is 6.54 Å². The van der Waals surface area contributed by atoms with Crippen LogP contribution in [0.15, 0.2) is 17.1 Å². The Labute approximate surface area is 68.0 Å². The van der Waals surface area contributed by atoms with Gasteiger partial charge in [-0.25, -0.2) is 4.99 Å². The number of hydrogen-bond acceptors (Lipinski definition) is 2. The van der Waals surface area contributed by atoms with Gasteiger partial charge in [-0.05, 0) is 12.5 Å². The first kappa shape index (κ1) is 8.31. The number of rotatable bonds is 4. The minimum Gasteiger partial charge on any atom is -0.476 e. The van der Waals surface area contributed by atoms with Crippen LogP contribution in [0.1, 0.15) is 26.2 Å². The van der Waals surface area contributed by atoms with Crippen molar-refractivity contribution in [1.82, 2.24) is 0 Å². The number of aliphatic imine (C=N–C) groups is 1. The van der Waals surface area contributed by atoms with Crippen LogP contribution < -0.4 is 0 Å². The average Bonchev–Trinajstić information content (AvgIpc) is 2.50. The number of allylic oxidation sites excluding steroid dienone is 1. The molecular formula is C9H15NO. The molecule has 0 spiro atoms. The molecule has 0 fully saturated rings. The van der Waals surface area contributed by atoms with Gasteiger partial charge in [0.25, 0.3) is 0 Å². The summed E-state index contributed by atoms with van der Waals surface area (Å²) in [6, 6.07) is 0. The summed E-state index contributed by atoms with van der Waals surface area (Å²) >= 11 is 0. The molecule has 0 aliphatic carbocycles. The van der Waals surface area contributed by atoms with Crippen molar-refractivity contribution in [2.24, 2.45) is 4.99 Å². The zero-order valence-electron chi connectivity index (χ0n) is 7.05. The summed E-state index contributed by atoms with van der Waals surface area (Å²) in [5.41, 5.74) is 0. The summed E-state index contributed by atoms with van der Waals surface area (Å²) in [6.07, 6.45) is 7.75. The fourth-order valence-electron chi connectivity index (χ4n) is 0.959. The molecule has 0 N–H and O–H groups in total. The van der Waals surface area contributed by atoms with Crippen molar-refractivity contribution in [3.63, 3.8) is 0 Å². The predicted octanol–water partition coefficient (Wildman–Crippen LogP) is 2.16. The molecule has 0 aromatic carbocycles. The van der Waals surface area contributed by atoms with E-state index in [0.29, 0.717) is 0 Å². The van der Waals surface area contributed by atoms with Crippen molar-refractivity contribution < 1.29 is 4.74 Å². The molecule has 0 amide bonds. The highest BCUT2D eigenvalue weighted by atomic mass is 16.5. The molecule has 1 heterocycles. The molecule has 1 aliphatic rings. The van der Waals surface area contributed by atoms with Crippen molar-refractivity contribution >= 4 is 5.90 Å². The molecule has 0 aromatic heterocycles. The van der Waals surface area contributed by atoms with E-state index in [-0.39, 0.29) is 0 Å². The quantitative estimate of drug-likeness (QED) is 0.567. The zero-order chi connectivity index (χ0) is 7.94. The molecule has 0 unspecified atom stereocenters. The summed E-state index contributed by atoms with van der Waals surface area (Å²) in [7, 11) is 0. The molecule has 11 heavy (non-hydrogen) atoms. The van der Waals surface area contributed by atoms with E-state index in [4.69, 9.17) is 4.74 Å². The molecule has 0 saturated carbocycles. The lowest BCUT2D eigenvalue weighted by Crippen LogP contribution is -1.92. The maximum atomic E-state index is 5.20. The lowest BCUT2D eigenvalue weighted by Gasteiger charge is -1.92. The molecule has 62 valence electrons. The molecular weight excluding hydrogens is 138 g/mol. The van der Waals surface area contributed by atoms with Gasteiger partial charge in [0.15, 0.2) is 0 Å². The third-order valence-electron chi connectivity index (χ3n) is 1.59. The second kappa shape index (κ2) is 4.94. The lowest BCUT2D eigenvalue weighted by molar-refractivity contribution is 0.350. The van der Waals surface area contributed by atoms with Crippen LogP contribution in [0.3, 0.4) is 0 Å². The molecule has 2 nitrogen and oxygen atoms in total. The Morgan fingerprint density at radius 3 is 3.18 bits per heavy atom. The van der Waals surface area contributed by atoms with Crippen LogP contribution in [-0.2, 0) is 4.74 Å². The first-order valence-corrected chi connectivity index (χ1v) is 4.27. The first-order chi connectivity index (χ1) is 5.43. The Morgan fingerprint density at radius 1 is 1.64 bits per heavy atom. The molecule has 1 rings (SSSR count). The highest BCUT2D eigenvalue weighted by molar-refractivity contribution is 5.88. The molecule has 0 aromatic rings. The maximum Gasteiger partial charge on any atom is 0.208 e. The largest absolute Gasteiger partial charge is 0.476 e. The van der Waals surface area contributed by atoms with Crippen LogP contribution >= 0.6 is 0 Å². The van der Waals surface area contributed by atoms with E-state index in [1.807, 2.05) is 6.08 Å². The SMILES string of the molecule is CCCCC=CC1=NCCO1. The summed E-state index contributed by atoms with van der Waals surface area (Å²) in [5.74, 6) is 0.807. The second-order valence-electron chi connectivity index (χ2n) is 2.61. The van der Waals surface area contributed by atoms with Crippen LogP contribution in [0.2, 0.25) is 0 Å². The third-order valence-corrected chi connectivity index (χ3v) is 1.59. The van der Waals surface area contributed by atoms with E-state index in [1.165, 1.54) is 12.8 Å². The topological polar surface area (TPSA) is 21.6 Å². The summed E-state index contributed by atoms with van der Waals surface area (Å²) < 4.78 is 5.20. The minimum atomic E-state index is 0.757. The maximum absolute atomic E-state index is 5.20. The normalized spacial score (nSPS) is 17.0. The minimum absolute atomic E-state index is 0.757. The Hall–Kier alpha value is -0.790. The van der Waals surface area contributed by atoms with Crippen molar-refractivity contribution in [2.75, 3.05) is 13.2 Å². The van der Waals surface area contributed by atoms with Crippen molar-refractivity contribution in [3.8, 4) is 0 Å². The molecule has 0 bridgehead atoms. The van der Waals surface area contributed by atoms with Gasteiger partial charge in [0, 0.05) is 0 Å². The van der Waals surface area contributed by atoms with E-state index >= 15 is 0 Å². The van der Waals surface area contributed by atoms with Gasteiger partial charge in [0.1, 0.15) is 6.61 Å². The Bertz CT molecular complexity index is 161. The van der Waals surface area contributed by atoms with Gasteiger partial charge in [0.2, 0.25) is 5.90 Å². The second-order valence-corrected chi connectivity index (χ2v) is 2.61. The Morgan fingerprint density at radius 2 is 2.55 bits per heavy atom. The van der Waals surface area contributed by atoms with Crippen LogP contribution in [0.5, 0.6) is 0 Å². The first-order valence-electron chi connectivity index (χ1n) is 4.27. The highest BCUT2D eigenvalue weighted by Crippen LogP contribution is 1.99. The fraction of sp³-hybridized carbons (Fsp3) is 0.667. The zero-order valence-corrected chi connectivity index (χ0v) is 7.05. The van der Waals surface area contributed by atoms with Gasteiger partial charge in [-0.3, -0.25) is 0 Å². The number of ether oxygens (including phenoxy) is 1. The van der Waals surface area contributed by atoms with Crippen LogP contribution in [0.25, 0.3) is 0 Å². The molecule has 2 heteroatoms. The highest BCUT2D eigenvalue weighted by Gasteiger charge is 2.00. The summed E-state index contributed by atoms with van der Waals surface area (Å²) in [4.78, 5) is 4.14. The summed E-state index contributed by atoms with van der Waals surface area (Å²) in [6.45, 7) is 3.78. The van der Waals surface area contributed by atoms with Gasteiger partial charge in [-0.2, -0.15) is 0 Å². The monoisotopic (exact) mass is 153 g/mol. The Kier molecular flexibility index (Phi) is 3.73. The number of nitrogens with zero attached hydrogens (tertiary/aromatic N) is 1. The van der Waals surface area contributed by atoms with Gasteiger partial charge in [-0.1, -0.05) is 25.8 Å². The van der Waals surface area contributed by atoms with Gasteiger partial charge >= 0.3 is 0 Å². The van der Waals surface area contributed by atoms with Gasteiger partial charge < -0.3 is 4.74 Å². The smallest absolute Gasteiger partial charge is 0.208 e. The van der Waals surface area contributed by atoms with Crippen molar-refractivity contribution in [2.45, 2.75) is 26.2 Å². The molecule has 0 radical (unpaired) electrons. The van der Waals surface area contributed by atoms with Crippen LogP contribution in [0, 0.1) is 0 Å². The van der Waals surface area contributed by atoms with E-state index in [0.717, 1.165) is 25.5 Å².